The van der Waals surface area contributed by atoms with Gasteiger partial charge in [0.2, 0.25) is 0 Å². The maximum atomic E-state index is 13.2. The minimum Gasteiger partial charge on any atom is -0.467 e. The summed E-state index contributed by atoms with van der Waals surface area (Å²) in [6.07, 6.45) is 4.40. The van der Waals surface area contributed by atoms with Crippen molar-refractivity contribution in [3.8, 4) is 11.3 Å². The monoisotopic (exact) mass is 456 g/mol. The number of carbonyl (C=O) groups excluding carboxylic acids is 1. The van der Waals surface area contributed by atoms with Crippen LogP contribution in [-0.4, -0.2) is 26.9 Å². The molecule has 0 saturated carbocycles. The van der Waals surface area contributed by atoms with Crippen molar-refractivity contribution in [1.82, 2.24) is 14.3 Å². The van der Waals surface area contributed by atoms with Gasteiger partial charge in [-0.3, -0.25) is 4.40 Å². The minimum absolute atomic E-state index is 0.150. The summed E-state index contributed by atoms with van der Waals surface area (Å²) in [5.41, 5.74) is 5.00. The fourth-order valence-electron chi connectivity index (χ4n) is 3.76. The van der Waals surface area contributed by atoms with Crippen LogP contribution in [-0.2, 0) is 13.0 Å². The quantitative estimate of drug-likeness (QED) is 0.315. The average molecular weight is 457 g/mol. The van der Waals surface area contributed by atoms with Crippen molar-refractivity contribution >= 4 is 28.0 Å². The number of nitrogens with one attached hydrogen (secondary N) is 1. The van der Waals surface area contributed by atoms with Crippen LogP contribution in [0.2, 0.25) is 0 Å². The Bertz CT molecular complexity index is 1360. The number of aryl methyl sites for hydroxylation is 1. The third-order valence-corrected chi connectivity index (χ3v) is 6.48. The van der Waals surface area contributed by atoms with E-state index in [9.17, 15) is 4.79 Å². The summed E-state index contributed by atoms with van der Waals surface area (Å²) in [5.74, 6) is 0.749. The molecule has 0 aliphatic carbocycles. The van der Waals surface area contributed by atoms with Gasteiger partial charge in [0.1, 0.15) is 5.76 Å². The number of rotatable bonds is 7. The Morgan fingerprint density at radius 2 is 1.91 bits per heavy atom. The predicted molar refractivity (Wildman–Crippen MR) is 132 cm³/mol. The summed E-state index contributed by atoms with van der Waals surface area (Å²) in [4.78, 5) is 20.7. The van der Waals surface area contributed by atoms with Crippen molar-refractivity contribution in [2.75, 3.05) is 11.9 Å². The SMILES string of the molecule is Cc1ccccc1NC(=O)N(CCc1csc2nc(-c3ccccc3)cn12)Cc1ccco1. The lowest BCUT2D eigenvalue weighted by Crippen LogP contribution is -2.36. The van der Waals surface area contributed by atoms with Gasteiger partial charge in [-0.15, -0.1) is 11.3 Å². The Morgan fingerprint density at radius 3 is 2.70 bits per heavy atom. The van der Waals surface area contributed by atoms with E-state index in [1.807, 2.05) is 61.5 Å². The standard InChI is InChI=1S/C26H24N4O2S/c1-19-8-5-6-12-23(19)27-25(31)29(16-22-11-7-15-32-22)14-13-21-18-33-26-28-24(17-30(21)26)20-9-3-2-4-10-20/h2-12,15,17-18H,13-14,16H2,1H3,(H,27,31). The number of benzene rings is 2. The summed E-state index contributed by atoms with van der Waals surface area (Å²) in [5, 5.41) is 5.16. The van der Waals surface area contributed by atoms with E-state index < -0.39 is 0 Å². The molecule has 0 saturated heterocycles. The summed E-state index contributed by atoms with van der Waals surface area (Å²) in [7, 11) is 0. The lowest BCUT2D eigenvalue weighted by molar-refractivity contribution is 0.204. The first kappa shape index (κ1) is 21.0. The molecule has 0 unspecified atom stereocenters. The zero-order valence-electron chi connectivity index (χ0n) is 18.3. The molecule has 0 spiro atoms. The zero-order valence-corrected chi connectivity index (χ0v) is 19.1. The highest BCUT2D eigenvalue weighted by atomic mass is 32.1. The van der Waals surface area contributed by atoms with Gasteiger partial charge in [0.15, 0.2) is 4.96 Å². The summed E-state index contributed by atoms with van der Waals surface area (Å²) < 4.78 is 7.64. The first-order chi connectivity index (χ1) is 16.2. The van der Waals surface area contributed by atoms with E-state index in [2.05, 4.69) is 33.4 Å². The number of anilines is 1. The highest BCUT2D eigenvalue weighted by Gasteiger charge is 2.18. The average Bonchev–Trinajstić information content (AvgIpc) is 3.57. The Morgan fingerprint density at radius 1 is 1.09 bits per heavy atom. The number of fused-ring (bicyclic) bond motifs is 1. The van der Waals surface area contributed by atoms with E-state index in [1.54, 1.807) is 22.5 Å². The third-order valence-electron chi connectivity index (χ3n) is 5.59. The Balaban J connectivity index is 1.35. The second-order valence-corrected chi connectivity index (χ2v) is 8.70. The molecule has 3 heterocycles. The van der Waals surface area contributed by atoms with E-state index in [0.29, 0.717) is 19.5 Å². The van der Waals surface area contributed by atoms with Crippen LogP contribution in [0.4, 0.5) is 10.5 Å². The number of hydrogen-bond donors (Lipinski definition) is 1. The van der Waals surface area contributed by atoms with Gasteiger partial charge in [-0.2, -0.15) is 0 Å². The zero-order chi connectivity index (χ0) is 22.6. The molecule has 5 aromatic rings. The number of furan rings is 1. The number of carbonyl (C=O) groups is 1. The maximum Gasteiger partial charge on any atom is 0.322 e. The number of para-hydroxylation sites is 1. The van der Waals surface area contributed by atoms with Crippen LogP contribution in [0.15, 0.2) is 89.0 Å². The van der Waals surface area contributed by atoms with E-state index in [1.165, 1.54) is 0 Å². The van der Waals surface area contributed by atoms with Gasteiger partial charge in [-0.05, 0) is 30.7 Å². The van der Waals surface area contributed by atoms with Crippen LogP contribution in [0, 0.1) is 6.92 Å². The fourth-order valence-corrected chi connectivity index (χ4v) is 4.66. The molecule has 7 heteroatoms. The molecule has 0 bridgehead atoms. The van der Waals surface area contributed by atoms with Gasteiger partial charge >= 0.3 is 6.03 Å². The molecule has 5 rings (SSSR count). The lowest BCUT2D eigenvalue weighted by atomic mass is 10.2. The van der Waals surface area contributed by atoms with Crippen molar-refractivity contribution < 1.29 is 9.21 Å². The molecule has 3 aromatic heterocycles. The van der Waals surface area contributed by atoms with E-state index in [0.717, 1.165) is 38.9 Å². The first-order valence-corrected chi connectivity index (χ1v) is 11.7. The fraction of sp³-hybridized carbons (Fsp3) is 0.154. The number of imidazole rings is 1. The largest absolute Gasteiger partial charge is 0.467 e. The van der Waals surface area contributed by atoms with Crippen molar-refractivity contribution in [2.45, 2.75) is 19.9 Å². The van der Waals surface area contributed by atoms with Crippen LogP contribution in [0.25, 0.3) is 16.2 Å². The molecular weight excluding hydrogens is 432 g/mol. The molecule has 2 aromatic carbocycles. The highest BCUT2D eigenvalue weighted by molar-refractivity contribution is 7.15. The van der Waals surface area contributed by atoms with Crippen LogP contribution in [0.1, 0.15) is 17.0 Å². The van der Waals surface area contributed by atoms with Crippen LogP contribution in [0.5, 0.6) is 0 Å². The normalized spacial score (nSPS) is 11.1. The summed E-state index contributed by atoms with van der Waals surface area (Å²) >= 11 is 1.61. The Hall–Kier alpha value is -3.84. The van der Waals surface area contributed by atoms with E-state index >= 15 is 0 Å². The van der Waals surface area contributed by atoms with E-state index in [4.69, 9.17) is 9.40 Å². The van der Waals surface area contributed by atoms with Gasteiger partial charge in [-0.25, -0.2) is 9.78 Å². The van der Waals surface area contributed by atoms with Gasteiger partial charge in [-0.1, -0.05) is 48.5 Å². The minimum atomic E-state index is -0.150. The Kier molecular flexibility index (Phi) is 5.95. The van der Waals surface area contributed by atoms with Crippen LogP contribution in [0.3, 0.4) is 0 Å². The number of amides is 2. The van der Waals surface area contributed by atoms with Crippen LogP contribution < -0.4 is 5.32 Å². The number of aromatic nitrogens is 2. The molecule has 0 radical (unpaired) electrons. The van der Waals surface area contributed by atoms with Gasteiger partial charge < -0.3 is 14.6 Å². The van der Waals surface area contributed by atoms with Gasteiger partial charge in [0.25, 0.3) is 0 Å². The second-order valence-electron chi connectivity index (χ2n) is 7.87. The molecule has 6 nitrogen and oxygen atoms in total. The van der Waals surface area contributed by atoms with Crippen molar-refractivity contribution in [2.24, 2.45) is 0 Å². The van der Waals surface area contributed by atoms with Gasteiger partial charge in [0.05, 0.1) is 18.5 Å². The topological polar surface area (TPSA) is 62.8 Å². The smallest absolute Gasteiger partial charge is 0.322 e. The molecular formula is C26H24N4O2S. The van der Waals surface area contributed by atoms with E-state index in [-0.39, 0.29) is 6.03 Å². The van der Waals surface area contributed by atoms with Crippen molar-refractivity contribution in [3.63, 3.8) is 0 Å². The second kappa shape index (κ2) is 9.34. The molecule has 2 amide bonds. The van der Waals surface area contributed by atoms with Gasteiger partial charge in [0, 0.05) is 41.5 Å². The Labute approximate surface area is 196 Å². The van der Waals surface area contributed by atoms with Crippen molar-refractivity contribution in [1.29, 1.82) is 0 Å². The highest BCUT2D eigenvalue weighted by Crippen LogP contribution is 2.24. The molecule has 0 aliphatic rings. The molecule has 0 fully saturated rings. The number of nitrogens with zero attached hydrogens (tertiary/aromatic N) is 3. The maximum absolute atomic E-state index is 13.2. The lowest BCUT2D eigenvalue weighted by Gasteiger charge is -2.22. The predicted octanol–water partition coefficient (Wildman–Crippen LogP) is 6.24. The summed E-state index contributed by atoms with van der Waals surface area (Å²) in [6, 6.07) is 21.5. The van der Waals surface area contributed by atoms with Crippen molar-refractivity contribution in [3.05, 3.63) is 102 Å². The molecule has 1 N–H and O–H groups in total. The summed E-state index contributed by atoms with van der Waals surface area (Å²) in [6.45, 7) is 2.93. The number of hydrogen-bond acceptors (Lipinski definition) is 4. The molecule has 0 atom stereocenters. The number of urea groups is 1. The molecule has 33 heavy (non-hydrogen) atoms. The molecule has 166 valence electrons. The third kappa shape index (κ3) is 4.68. The first-order valence-electron chi connectivity index (χ1n) is 10.8. The number of thiazole rings is 1. The molecule has 0 aliphatic heterocycles. The van der Waals surface area contributed by atoms with Crippen LogP contribution >= 0.6 is 11.3 Å².